The van der Waals surface area contributed by atoms with E-state index in [0.29, 0.717) is 13.2 Å². The molecule has 1 saturated heterocycles. The van der Waals surface area contributed by atoms with Crippen molar-refractivity contribution in [2.24, 2.45) is 0 Å². The highest BCUT2D eigenvalue weighted by Gasteiger charge is 2.57. The molecule has 30 heavy (non-hydrogen) atoms. The summed E-state index contributed by atoms with van der Waals surface area (Å²) in [5.41, 5.74) is 0.978. The summed E-state index contributed by atoms with van der Waals surface area (Å²) >= 11 is 0. The van der Waals surface area contributed by atoms with Gasteiger partial charge in [-0.05, 0) is 25.0 Å². The predicted molar refractivity (Wildman–Crippen MR) is 113 cm³/mol. The van der Waals surface area contributed by atoms with Gasteiger partial charge in [-0.15, -0.1) is 0 Å². The van der Waals surface area contributed by atoms with Gasteiger partial charge in [0.1, 0.15) is 17.8 Å². The predicted octanol–water partition coefficient (Wildman–Crippen LogP) is 3.32. The molecule has 2 unspecified atom stereocenters. The van der Waals surface area contributed by atoms with Crippen molar-refractivity contribution in [2.75, 3.05) is 20.3 Å². The SMILES string of the molecule is CO[C@H]1O[C@](CO)(COCc2ccccc2)C(OCc2ccccc2)C1OC(C)C. The molecule has 6 nitrogen and oxygen atoms in total. The Bertz CT molecular complexity index is 738. The van der Waals surface area contributed by atoms with E-state index in [0.717, 1.165) is 11.1 Å². The van der Waals surface area contributed by atoms with Crippen LogP contribution in [0.5, 0.6) is 0 Å². The maximum atomic E-state index is 10.4. The van der Waals surface area contributed by atoms with E-state index >= 15 is 0 Å². The molecule has 0 bridgehead atoms. The Hall–Kier alpha value is -1.80. The first-order valence-electron chi connectivity index (χ1n) is 10.3. The minimum atomic E-state index is -1.09. The van der Waals surface area contributed by atoms with Crippen molar-refractivity contribution in [1.82, 2.24) is 0 Å². The van der Waals surface area contributed by atoms with Gasteiger partial charge in [0.05, 0.1) is 32.5 Å². The van der Waals surface area contributed by atoms with Crippen LogP contribution in [0.25, 0.3) is 0 Å². The first-order chi connectivity index (χ1) is 14.6. The Morgan fingerprint density at radius 2 is 1.57 bits per heavy atom. The van der Waals surface area contributed by atoms with Gasteiger partial charge in [-0.25, -0.2) is 0 Å². The highest BCUT2D eigenvalue weighted by Crippen LogP contribution is 2.37. The molecule has 4 atom stereocenters. The van der Waals surface area contributed by atoms with Gasteiger partial charge in [0, 0.05) is 7.11 Å². The van der Waals surface area contributed by atoms with Crippen molar-refractivity contribution in [3.05, 3.63) is 71.8 Å². The quantitative estimate of drug-likeness (QED) is 0.606. The summed E-state index contributed by atoms with van der Waals surface area (Å²) in [4.78, 5) is 0. The van der Waals surface area contributed by atoms with Crippen LogP contribution in [0.4, 0.5) is 0 Å². The molecule has 2 aromatic carbocycles. The third kappa shape index (κ3) is 5.66. The lowest BCUT2D eigenvalue weighted by Crippen LogP contribution is -2.52. The molecule has 0 aromatic heterocycles. The van der Waals surface area contributed by atoms with E-state index in [4.69, 9.17) is 23.7 Å². The zero-order valence-electron chi connectivity index (χ0n) is 17.9. The Kier molecular flexibility index (Phi) is 8.39. The lowest BCUT2D eigenvalue weighted by Gasteiger charge is -2.33. The smallest absolute Gasteiger partial charge is 0.187 e. The van der Waals surface area contributed by atoms with Crippen LogP contribution in [-0.4, -0.2) is 55.6 Å². The van der Waals surface area contributed by atoms with Gasteiger partial charge < -0.3 is 28.8 Å². The molecule has 0 amide bonds. The van der Waals surface area contributed by atoms with Crippen molar-refractivity contribution in [1.29, 1.82) is 0 Å². The number of aliphatic hydroxyl groups is 1. The number of benzene rings is 2. The fourth-order valence-corrected chi connectivity index (χ4v) is 3.65. The standard InChI is InChI=1S/C24H32O6/c1-18(2)29-21-22(28-15-20-12-8-5-9-13-20)24(16-25,30-23(21)26-3)17-27-14-19-10-6-4-7-11-19/h4-13,18,21-23,25H,14-17H2,1-3H3/t21?,22?,23-,24+/m0/s1. The summed E-state index contributed by atoms with van der Waals surface area (Å²) in [5, 5.41) is 10.4. The largest absolute Gasteiger partial charge is 0.393 e. The van der Waals surface area contributed by atoms with Crippen molar-refractivity contribution in [2.45, 2.75) is 57.3 Å². The molecule has 0 radical (unpaired) electrons. The average molecular weight is 417 g/mol. The van der Waals surface area contributed by atoms with Crippen molar-refractivity contribution in [3.63, 3.8) is 0 Å². The first-order valence-corrected chi connectivity index (χ1v) is 10.3. The monoisotopic (exact) mass is 416 g/mol. The van der Waals surface area contributed by atoms with Gasteiger partial charge >= 0.3 is 0 Å². The molecule has 1 aliphatic rings. The Labute approximate surface area is 178 Å². The zero-order valence-corrected chi connectivity index (χ0v) is 17.9. The van der Waals surface area contributed by atoms with E-state index in [2.05, 4.69) is 0 Å². The molecule has 0 spiro atoms. The van der Waals surface area contributed by atoms with E-state index < -0.39 is 24.1 Å². The first kappa shape index (κ1) is 22.9. The zero-order chi connectivity index (χ0) is 21.4. The van der Waals surface area contributed by atoms with E-state index in [9.17, 15) is 5.11 Å². The van der Waals surface area contributed by atoms with Crippen LogP contribution in [0.1, 0.15) is 25.0 Å². The van der Waals surface area contributed by atoms with Crippen LogP contribution in [0, 0.1) is 0 Å². The van der Waals surface area contributed by atoms with Gasteiger partial charge in [-0.2, -0.15) is 0 Å². The summed E-state index contributed by atoms with van der Waals surface area (Å²) in [6, 6.07) is 19.8. The molecule has 1 aliphatic heterocycles. The van der Waals surface area contributed by atoms with Crippen molar-refractivity contribution < 1.29 is 28.8 Å². The molecular formula is C24H32O6. The lowest BCUT2D eigenvalue weighted by molar-refractivity contribution is -0.212. The van der Waals surface area contributed by atoms with Crippen LogP contribution in [0.3, 0.4) is 0 Å². The maximum absolute atomic E-state index is 10.4. The van der Waals surface area contributed by atoms with Gasteiger partial charge in [-0.1, -0.05) is 60.7 Å². The number of hydrogen-bond acceptors (Lipinski definition) is 6. The van der Waals surface area contributed by atoms with E-state index in [1.54, 1.807) is 7.11 Å². The normalized spacial score (nSPS) is 26.4. The molecule has 2 aromatic rings. The molecular weight excluding hydrogens is 384 g/mol. The number of aliphatic hydroxyl groups excluding tert-OH is 1. The van der Waals surface area contributed by atoms with Crippen LogP contribution in [-0.2, 0) is 36.9 Å². The second-order valence-electron chi connectivity index (χ2n) is 7.79. The van der Waals surface area contributed by atoms with Gasteiger partial charge in [0.2, 0.25) is 0 Å². The molecule has 6 heteroatoms. The number of hydrogen-bond donors (Lipinski definition) is 1. The molecule has 0 saturated carbocycles. The average Bonchev–Trinajstić information content (AvgIpc) is 3.06. The Morgan fingerprint density at radius 3 is 2.10 bits per heavy atom. The maximum Gasteiger partial charge on any atom is 0.187 e. The van der Waals surface area contributed by atoms with E-state index in [1.165, 1.54) is 0 Å². The highest BCUT2D eigenvalue weighted by molar-refractivity contribution is 5.15. The van der Waals surface area contributed by atoms with Crippen LogP contribution < -0.4 is 0 Å². The van der Waals surface area contributed by atoms with Gasteiger partial charge in [0.25, 0.3) is 0 Å². The van der Waals surface area contributed by atoms with Gasteiger partial charge in [-0.3, -0.25) is 0 Å². The fraction of sp³-hybridized carbons (Fsp3) is 0.500. The Morgan fingerprint density at radius 1 is 0.967 bits per heavy atom. The molecule has 1 heterocycles. The summed E-state index contributed by atoms with van der Waals surface area (Å²) in [6.07, 6.45) is -1.78. The Balaban J connectivity index is 1.77. The summed E-state index contributed by atoms with van der Waals surface area (Å²) in [7, 11) is 1.56. The molecule has 3 rings (SSSR count). The summed E-state index contributed by atoms with van der Waals surface area (Å²) in [6.45, 7) is 4.54. The second kappa shape index (κ2) is 11.0. The molecule has 1 fully saturated rings. The van der Waals surface area contributed by atoms with Crippen LogP contribution >= 0.6 is 0 Å². The van der Waals surface area contributed by atoms with E-state index in [1.807, 2.05) is 74.5 Å². The van der Waals surface area contributed by atoms with E-state index in [-0.39, 0.29) is 19.3 Å². The molecule has 1 N–H and O–H groups in total. The molecule has 0 aliphatic carbocycles. The minimum Gasteiger partial charge on any atom is -0.393 e. The number of rotatable bonds is 11. The minimum absolute atomic E-state index is 0.0567. The summed E-state index contributed by atoms with van der Waals surface area (Å²) < 4.78 is 30.0. The molecule has 164 valence electrons. The van der Waals surface area contributed by atoms with Crippen molar-refractivity contribution >= 4 is 0 Å². The number of ether oxygens (including phenoxy) is 5. The summed E-state index contributed by atoms with van der Waals surface area (Å²) in [5.74, 6) is 0. The second-order valence-corrected chi connectivity index (χ2v) is 7.79. The van der Waals surface area contributed by atoms with Crippen LogP contribution in [0.2, 0.25) is 0 Å². The van der Waals surface area contributed by atoms with Crippen LogP contribution in [0.15, 0.2) is 60.7 Å². The third-order valence-electron chi connectivity index (χ3n) is 5.10. The van der Waals surface area contributed by atoms with Gasteiger partial charge in [0.15, 0.2) is 6.29 Å². The highest BCUT2D eigenvalue weighted by atomic mass is 16.7. The third-order valence-corrected chi connectivity index (χ3v) is 5.10. The number of methoxy groups -OCH3 is 1. The lowest BCUT2D eigenvalue weighted by atomic mass is 9.96. The topological polar surface area (TPSA) is 66.4 Å². The van der Waals surface area contributed by atoms with Crippen molar-refractivity contribution in [3.8, 4) is 0 Å². The fourth-order valence-electron chi connectivity index (χ4n) is 3.65.